The van der Waals surface area contributed by atoms with E-state index in [1.807, 2.05) is 6.08 Å². The molecule has 3 saturated carbocycles. The van der Waals surface area contributed by atoms with E-state index in [0.717, 1.165) is 25.2 Å². The van der Waals surface area contributed by atoms with Crippen LogP contribution in [0, 0.1) is 40.4 Å². The number of hydrogen-bond acceptors (Lipinski definition) is 2. The van der Waals surface area contributed by atoms with Gasteiger partial charge in [0.1, 0.15) is 5.78 Å². The van der Waals surface area contributed by atoms with Gasteiger partial charge >= 0.3 is 0 Å². The van der Waals surface area contributed by atoms with E-state index >= 15 is 0 Å². The first kappa shape index (κ1) is 15.6. The van der Waals surface area contributed by atoms with Crippen LogP contribution in [0.1, 0.15) is 66.2 Å². The average molecular weight is 314 g/mol. The third-order valence-electron chi connectivity index (χ3n) is 8.58. The van der Waals surface area contributed by atoms with E-state index in [0.29, 0.717) is 29.3 Å². The molecule has 23 heavy (non-hydrogen) atoms. The van der Waals surface area contributed by atoms with Crippen LogP contribution in [0.15, 0.2) is 11.6 Å². The van der Waals surface area contributed by atoms with E-state index in [9.17, 15) is 9.59 Å². The van der Waals surface area contributed by atoms with Crippen molar-refractivity contribution in [1.29, 1.82) is 0 Å². The molecule has 4 rings (SSSR count). The Morgan fingerprint density at radius 2 is 1.87 bits per heavy atom. The SMILES string of the molecule is CC(=O)[C@H]1CC[C@H]2[C@H]3[C@H](C)C4=CC(=O)CC[C@]4(C)[C@H]3CC[C@@]12C. The van der Waals surface area contributed by atoms with Crippen molar-refractivity contribution in [3.8, 4) is 0 Å². The minimum atomic E-state index is 0.204. The average Bonchev–Trinajstić information content (AvgIpc) is 2.94. The number of Topliss-reactive ketones (excluding diaryl/α,β-unsaturated/α-hetero) is 1. The fourth-order valence-electron chi connectivity index (χ4n) is 7.50. The van der Waals surface area contributed by atoms with Gasteiger partial charge in [-0.2, -0.15) is 0 Å². The molecule has 0 unspecified atom stereocenters. The Kier molecular flexibility index (Phi) is 3.26. The number of ketones is 2. The monoisotopic (exact) mass is 314 g/mol. The van der Waals surface area contributed by atoms with Crippen LogP contribution in [-0.4, -0.2) is 11.6 Å². The van der Waals surface area contributed by atoms with E-state index < -0.39 is 0 Å². The van der Waals surface area contributed by atoms with E-state index in [-0.39, 0.29) is 16.7 Å². The van der Waals surface area contributed by atoms with Gasteiger partial charge in [0.25, 0.3) is 0 Å². The molecule has 4 aliphatic carbocycles. The third-order valence-corrected chi connectivity index (χ3v) is 8.58. The van der Waals surface area contributed by atoms with Gasteiger partial charge in [-0.25, -0.2) is 0 Å². The van der Waals surface area contributed by atoms with Gasteiger partial charge in [-0.05, 0) is 79.6 Å². The highest BCUT2D eigenvalue weighted by atomic mass is 16.1. The normalized spacial score (nSPS) is 51.7. The fourth-order valence-corrected chi connectivity index (χ4v) is 7.50. The topological polar surface area (TPSA) is 34.1 Å². The van der Waals surface area contributed by atoms with Crippen molar-refractivity contribution in [3.63, 3.8) is 0 Å². The van der Waals surface area contributed by atoms with Crippen molar-refractivity contribution in [2.45, 2.75) is 66.2 Å². The molecule has 0 amide bonds. The molecule has 0 radical (unpaired) electrons. The first-order chi connectivity index (χ1) is 10.8. The Balaban J connectivity index is 1.75. The number of hydrogen-bond donors (Lipinski definition) is 0. The molecule has 0 aromatic heterocycles. The summed E-state index contributed by atoms with van der Waals surface area (Å²) in [6.45, 7) is 8.97. The first-order valence-electron chi connectivity index (χ1n) is 9.54. The number of fused-ring (bicyclic) bond motifs is 5. The highest BCUT2D eigenvalue weighted by Crippen LogP contribution is 2.70. The van der Waals surface area contributed by atoms with Gasteiger partial charge in [0, 0.05) is 12.3 Å². The van der Waals surface area contributed by atoms with Crippen molar-refractivity contribution in [2.75, 3.05) is 0 Å². The number of carbonyl (C=O) groups is 2. The summed E-state index contributed by atoms with van der Waals surface area (Å²) in [5, 5.41) is 0. The van der Waals surface area contributed by atoms with Crippen LogP contribution in [0.4, 0.5) is 0 Å². The van der Waals surface area contributed by atoms with Crippen molar-refractivity contribution in [1.82, 2.24) is 0 Å². The summed E-state index contributed by atoms with van der Waals surface area (Å²) < 4.78 is 0. The molecule has 2 nitrogen and oxygen atoms in total. The summed E-state index contributed by atoms with van der Waals surface area (Å²) >= 11 is 0. The zero-order valence-corrected chi connectivity index (χ0v) is 15.0. The fraction of sp³-hybridized carbons (Fsp3) is 0.810. The van der Waals surface area contributed by atoms with Crippen LogP contribution in [0.2, 0.25) is 0 Å². The number of rotatable bonds is 1. The minimum Gasteiger partial charge on any atom is -0.300 e. The maximum Gasteiger partial charge on any atom is 0.155 e. The smallest absolute Gasteiger partial charge is 0.155 e. The van der Waals surface area contributed by atoms with Gasteiger partial charge in [-0.3, -0.25) is 9.59 Å². The standard InChI is InChI=1S/C21H30O2/c1-12-18-11-14(23)7-9-21(18,4)17-8-10-20(3)15(13(2)22)5-6-16(20)19(12)17/h11-12,15-17,19H,5-10H2,1-4H3/t12-,15-,16+,17+,19-,20+,21-/m1/s1. The van der Waals surface area contributed by atoms with Crippen molar-refractivity contribution in [3.05, 3.63) is 11.6 Å². The molecule has 126 valence electrons. The lowest BCUT2D eigenvalue weighted by molar-refractivity contribution is -0.126. The molecule has 0 aliphatic heterocycles. The van der Waals surface area contributed by atoms with Crippen LogP contribution in [-0.2, 0) is 9.59 Å². The van der Waals surface area contributed by atoms with Crippen molar-refractivity contribution in [2.24, 2.45) is 40.4 Å². The Bertz CT molecular complexity index is 603. The zero-order valence-electron chi connectivity index (χ0n) is 15.0. The lowest BCUT2D eigenvalue weighted by Crippen LogP contribution is -2.45. The molecule has 0 aromatic rings. The second-order valence-electron chi connectivity index (χ2n) is 9.35. The largest absolute Gasteiger partial charge is 0.300 e. The van der Waals surface area contributed by atoms with Crippen LogP contribution in [0.5, 0.6) is 0 Å². The predicted molar refractivity (Wildman–Crippen MR) is 90.8 cm³/mol. The Labute approximate surface area is 140 Å². The van der Waals surface area contributed by atoms with E-state index in [4.69, 9.17) is 0 Å². The van der Waals surface area contributed by atoms with Crippen molar-refractivity contribution >= 4 is 11.6 Å². The van der Waals surface area contributed by atoms with E-state index in [1.54, 1.807) is 6.92 Å². The maximum atomic E-state index is 12.2. The summed E-state index contributed by atoms with van der Waals surface area (Å²) in [5.74, 6) is 3.59. The van der Waals surface area contributed by atoms with Gasteiger partial charge < -0.3 is 0 Å². The molecule has 0 heterocycles. The summed E-state index contributed by atoms with van der Waals surface area (Å²) in [7, 11) is 0. The lowest BCUT2D eigenvalue weighted by atomic mass is 9.54. The molecule has 4 aliphatic rings. The van der Waals surface area contributed by atoms with Crippen LogP contribution in [0.3, 0.4) is 0 Å². The molecule has 2 heteroatoms. The highest BCUT2D eigenvalue weighted by molar-refractivity contribution is 5.92. The molecule has 0 N–H and O–H groups in total. The zero-order chi connectivity index (χ0) is 16.6. The second-order valence-corrected chi connectivity index (χ2v) is 9.35. The maximum absolute atomic E-state index is 12.2. The Hall–Kier alpha value is -0.920. The molecule has 0 aromatic carbocycles. The highest BCUT2D eigenvalue weighted by Gasteiger charge is 2.63. The third kappa shape index (κ3) is 1.87. The Morgan fingerprint density at radius 3 is 2.57 bits per heavy atom. The van der Waals surface area contributed by atoms with Crippen LogP contribution in [0.25, 0.3) is 0 Å². The van der Waals surface area contributed by atoms with Crippen LogP contribution < -0.4 is 0 Å². The molecule has 0 spiro atoms. The molecular weight excluding hydrogens is 284 g/mol. The first-order valence-corrected chi connectivity index (χ1v) is 9.54. The second kappa shape index (κ2) is 4.80. The van der Waals surface area contributed by atoms with E-state index in [1.165, 1.54) is 24.8 Å². The quantitative estimate of drug-likeness (QED) is 0.710. The number of carbonyl (C=O) groups excluding carboxylic acids is 2. The summed E-state index contributed by atoms with van der Waals surface area (Å²) in [6, 6.07) is 0. The predicted octanol–water partition coefficient (Wildman–Crippen LogP) is 4.58. The van der Waals surface area contributed by atoms with Gasteiger partial charge in [-0.15, -0.1) is 0 Å². The summed E-state index contributed by atoms with van der Waals surface area (Å²) in [5.41, 5.74) is 1.89. The minimum absolute atomic E-state index is 0.204. The van der Waals surface area contributed by atoms with Gasteiger partial charge in [0.05, 0.1) is 0 Å². The van der Waals surface area contributed by atoms with Crippen LogP contribution >= 0.6 is 0 Å². The molecule has 0 bridgehead atoms. The molecule has 0 saturated heterocycles. The van der Waals surface area contributed by atoms with Gasteiger partial charge in [0.2, 0.25) is 0 Å². The van der Waals surface area contributed by atoms with Gasteiger partial charge in [0.15, 0.2) is 5.78 Å². The molecule has 7 atom stereocenters. The Morgan fingerprint density at radius 1 is 1.13 bits per heavy atom. The molecule has 3 fully saturated rings. The summed E-state index contributed by atoms with van der Waals surface area (Å²) in [6.07, 6.45) is 8.52. The molecular formula is C21H30O2. The van der Waals surface area contributed by atoms with Crippen molar-refractivity contribution < 1.29 is 9.59 Å². The summed E-state index contributed by atoms with van der Waals surface area (Å²) in [4.78, 5) is 24.2. The van der Waals surface area contributed by atoms with Gasteiger partial charge in [-0.1, -0.05) is 26.3 Å². The van der Waals surface area contributed by atoms with E-state index in [2.05, 4.69) is 20.8 Å². The lowest BCUT2D eigenvalue weighted by Gasteiger charge is -2.49. The number of allylic oxidation sites excluding steroid dienone is 2.